The molecule has 4 aromatic heterocycles. The summed E-state index contributed by atoms with van der Waals surface area (Å²) < 4.78 is 0. The van der Waals surface area contributed by atoms with E-state index in [0.717, 1.165) is 83.7 Å². The van der Waals surface area contributed by atoms with Crippen LogP contribution in [-0.4, -0.2) is 24.9 Å². The number of hydrogen-bond acceptors (Lipinski definition) is 5. The number of pyridine rings is 3. The van der Waals surface area contributed by atoms with Crippen molar-refractivity contribution < 1.29 is 0 Å². The van der Waals surface area contributed by atoms with Crippen LogP contribution in [0, 0.1) is 6.92 Å². The van der Waals surface area contributed by atoms with Crippen molar-refractivity contribution in [2.45, 2.75) is 6.92 Å². The largest absolute Gasteiger partial charge is 0.253 e. The second-order valence-electron chi connectivity index (χ2n) is 12.6. The highest BCUT2D eigenvalue weighted by Crippen LogP contribution is 2.33. The topological polar surface area (TPSA) is 64.5 Å². The Kier molecular flexibility index (Phi) is 7.63. The fourth-order valence-electron chi connectivity index (χ4n) is 6.61. The molecule has 0 aliphatic heterocycles. The lowest BCUT2D eigenvalue weighted by Crippen LogP contribution is -1.97. The second-order valence-corrected chi connectivity index (χ2v) is 12.6. The van der Waals surface area contributed by atoms with Crippen molar-refractivity contribution in [2.75, 3.05) is 0 Å². The standard InChI is InChI=1S/C46H31N5/c1-30-27-41(32-11-4-2-5-12-32)49-45-38(30)24-22-35-23-25-39(48-44(35)45)37-16-10-15-36(28-37)31-18-20-34(21-19-31)43-29-42(33-13-6-3-7-14-33)50-46(51-43)40-17-8-9-26-47-40/h2-29H,1H3. The van der Waals surface area contributed by atoms with Gasteiger partial charge in [-0.3, -0.25) is 4.98 Å². The van der Waals surface area contributed by atoms with Crippen LogP contribution in [0.15, 0.2) is 170 Å². The van der Waals surface area contributed by atoms with Crippen molar-refractivity contribution >= 4 is 21.8 Å². The van der Waals surface area contributed by atoms with Gasteiger partial charge in [0, 0.05) is 39.2 Å². The van der Waals surface area contributed by atoms with E-state index < -0.39 is 0 Å². The van der Waals surface area contributed by atoms with Crippen LogP contribution in [-0.2, 0) is 0 Å². The van der Waals surface area contributed by atoms with Crippen LogP contribution in [0.1, 0.15) is 5.56 Å². The molecule has 0 amide bonds. The van der Waals surface area contributed by atoms with Gasteiger partial charge in [0.15, 0.2) is 5.82 Å². The van der Waals surface area contributed by atoms with Crippen LogP contribution >= 0.6 is 0 Å². The SMILES string of the molecule is Cc1cc(-c2ccccc2)nc2c1ccc1ccc(-c3cccc(-c4ccc(-c5cc(-c6ccccc6)nc(-c6ccccn6)n5)cc4)c3)nc12. The zero-order chi connectivity index (χ0) is 34.1. The van der Waals surface area contributed by atoms with Gasteiger partial charge in [0.05, 0.1) is 33.8 Å². The fraction of sp³-hybridized carbons (Fsp3) is 0.0217. The van der Waals surface area contributed by atoms with Crippen LogP contribution < -0.4 is 0 Å². The summed E-state index contributed by atoms with van der Waals surface area (Å²) in [6, 6.07) is 56.2. The number of nitrogens with zero attached hydrogens (tertiary/aromatic N) is 5. The summed E-state index contributed by atoms with van der Waals surface area (Å²) in [4.78, 5) is 24.7. The lowest BCUT2D eigenvalue weighted by molar-refractivity contribution is 1.15. The molecule has 0 aliphatic carbocycles. The number of hydrogen-bond donors (Lipinski definition) is 0. The van der Waals surface area contributed by atoms with Gasteiger partial charge in [0.1, 0.15) is 5.69 Å². The summed E-state index contributed by atoms with van der Waals surface area (Å²) in [6.07, 6.45) is 1.77. The van der Waals surface area contributed by atoms with E-state index in [1.807, 2.05) is 60.7 Å². The molecule has 240 valence electrons. The third-order valence-electron chi connectivity index (χ3n) is 9.28. The highest BCUT2D eigenvalue weighted by atomic mass is 14.9. The maximum Gasteiger partial charge on any atom is 0.179 e. The van der Waals surface area contributed by atoms with E-state index in [0.29, 0.717) is 5.82 Å². The first-order chi connectivity index (χ1) is 25.2. The summed E-state index contributed by atoms with van der Waals surface area (Å²) in [5.41, 5.74) is 13.7. The first-order valence-corrected chi connectivity index (χ1v) is 17.0. The zero-order valence-electron chi connectivity index (χ0n) is 27.9. The molecule has 0 atom stereocenters. The van der Waals surface area contributed by atoms with Crippen LogP contribution in [0.2, 0.25) is 0 Å². The Morgan fingerprint density at radius 2 is 0.941 bits per heavy atom. The van der Waals surface area contributed by atoms with Gasteiger partial charge in [-0.05, 0) is 60.0 Å². The number of fused-ring (bicyclic) bond motifs is 3. The van der Waals surface area contributed by atoms with Gasteiger partial charge in [-0.2, -0.15) is 0 Å². The van der Waals surface area contributed by atoms with Crippen molar-refractivity contribution in [1.82, 2.24) is 24.9 Å². The molecule has 0 N–H and O–H groups in total. The quantitative estimate of drug-likeness (QED) is 0.167. The molecule has 51 heavy (non-hydrogen) atoms. The molecule has 0 saturated heterocycles. The van der Waals surface area contributed by atoms with E-state index in [2.05, 4.69) is 115 Å². The summed E-state index contributed by atoms with van der Waals surface area (Å²) in [5, 5.41) is 2.19. The van der Waals surface area contributed by atoms with Gasteiger partial charge in [-0.1, -0.05) is 127 Å². The second kappa shape index (κ2) is 12.9. The van der Waals surface area contributed by atoms with Gasteiger partial charge < -0.3 is 0 Å². The van der Waals surface area contributed by atoms with Crippen molar-refractivity contribution in [3.05, 3.63) is 176 Å². The van der Waals surface area contributed by atoms with Crippen LogP contribution in [0.4, 0.5) is 0 Å². The first kappa shape index (κ1) is 30.2. The summed E-state index contributed by atoms with van der Waals surface area (Å²) in [6.45, 7) is 2.15. The zero-order valence-corrected chi connectivity index (χ0v) is 27.9. The van der Waals surface area contributed by atoms with E-state index in [-0.39, 0.29) is 0 Å². The Balaban J connectivity index is 1.07. The van der Waals surface area contributed by atoms with Crippen molar-refractivity contribution in [3.63, 3.8) is 0 Å². The van der Waals surface area contributed by atoms with Gasteiger partial charge in [-0.25, -0.2) is 19.9 Å². The minimum absolute atomic E-state index is 0.598. The summed E-state index contributed by atoms with van der Waals surface area (Å²) >= 11 is 0. The van der Waals surface area contributed by atoms with Crippen molar-refractivity contribution in [1.29, 1.82) is 0 Å². The third-order valence-corrected chi connectivity index (χ3v) is 9.28. The molecule has 0 fully saturated rings. The highest BCUT2D eigenvalue weighted by molar-refractivity contribution is 6.05. The fourth-order valence-corrected chi connectivity index (χ4v) is 6.61. The molecule has 0 aliphatic rings. The predicted octanol–water partition coefficient (Wildman–Crippen LogP) is 11.3. The Labute approximate surface area is 296 Å². The van der Waals surface area contributed by atoms with Gasteiger partial charge in [0.2, 0.25) is 0 Å². The average molecular weight is 654 g/mol. The minimum atomic E-state index is 0.598. The first-order valence-electron chi connectivity index (χ1n) is 17.0. The van der Waals surface area contributed by atoms with Crippen LogP contribution in [0.3, 0.4) is 0 Å². The number of rotatable bonds is 6. The molecular weight excluding hydrogens is 623 g/mol. The van der Waals surface area contributed by atoms with E-state index in [9.17, 15) is 0 Å². The molecule has 0 bridgehead atoms. The molecule has 5 nitrogen and oxygen atoms in total. The smallest absolute Gasteiger partial charge is 0.179 e. The van der Waals surface area contributed by atoms with Gasteiger partial charge in [0.25, 0.3) is 0 Å². The molecule has 0 spiro atoms. The maximum absolute atomic E-state index is 5.22. The highest BCUT2D eigenvalue weighted by Gasteiger charge is 2.14. The van der Waals surface area contributed by atoms with E-state index in [1.165, 1.54) is 5.56 Å². The number of aryl methyl sites for hydroxylation is 1. The maximum atomic E-state index is 5.22. The Bertz CT molecular complexity index is 2620. The summed E-state index contributed by atoms with van der Waals surface area (Å²) in [5.74, 6) is 0.598. The molecule has 9 rings (SSSR count). The van der Waals surface area contributed by atoms with E-state index in [1.54, 1.807) is 6.20 Å². The van der Waals surface area contributed by atoms with Crippen LogP contribution in [0.5, 0.6) is 0 Å². The lowest BCUT2D eigenvalue weighted by atomic mass is 9.98. The monoisotopic (exact) mass is 653 g/mol. The number of aromatic nitrogens is 5. The third kappa shape index (κ3) is 5.91. The van der Waals surface area contributed by atoms with Crippen molar-refractivity contribution in [3.8, 4) is 67.7 Å². The molecule has 5 aromatic carbocycles. The molecule has 5 heteroatoms. The summed E-state index contributed by atoms with van der Waals surface area (Å²) in [7, 11) is 0. The average Bonchev–Trinajstić information content (AvgIpc) is 3.21. The van der Waals surface area contributed by atoms with E-state index in [4.69, 9.17) is 19.9 Å². The molecule has 0 radical (unpaired) electrons. The molecule has 0 saturated carbocycles. The Morgan fingerprint density at radius 1 is 0.353 bits per heavy atom. The van der Waals surface area contributed by atoms with E-state index >= 15 is 0 Å². The molecule has 9 aromatic rings. The number of benzene rings is 5. The normalized spacial score (nSPS) is 11.2. The Morgan fingerprint density at radius 3 is 1.65 bits per heavy atom. The predicted molar refractivity (Wildman–Crippen MR) is 208 cm³/mol. The van der Waals surface area contributed by atoms with Gasteiger partial charge in [-0.15, -0.1) is 0 Å². The van der Waals surface area contributed by atoms with Crippen LogP contribution in [0.25, 0.3) is 89.5 Å². The molecule has 0 unspecified atom stereocenters. The molecular formula is C46H31N5. The minimum Gasteiger partial charge on any atom is -0.253 e. The van der Waals surface area contributed by atoms with Gasteiger partial charge >= 0.3 is 0 Å². The molecule has 4 heterocycles. The van der Waals surface area contributed by atoms with Crippen molar-refractivity contribution in [2.24, 2.45) is 0 Å². The lowest BCUT2D eigenvalue weighted by Gasteiger charge is -2.11. The Hall–Kier alpha value is -6.85.